The zero-order valence-corrected chi connectivity index (χ0v) is 13.5. The molecule has 0 fully saturated rings. The lowest BCUT2D eigenvalue weighted by molar-refractivity contribution is -0.121. The van der Waals surface area contributed by atoms with Gasteiger partial charge in [-0.25, -0.2) is 15.3 Å². The standard InChI is InChI=1S/C13H12IN5O3/c14-9-4-2-1-3-8(9)7-15-18-11(20)6-5-10-12(21)16-13(22)19-17-10/h1-4,7H,5-6H2,(H,18,20)(H2,16,19,21,22)/b15-7-. The SMILES string of the molecule is O=C(CCc1n[nH]c(=O)[nH]c1=O)N/N=C\c1ccccc1I. The molecule has 0 spiro atoms. The van der Waals surface area contributed by atoms with E-state index >= 15 is 0 Å². The lowest BCUT2D eigenvalue weighted by Crippen LogP contribution is -2.28. The average molecular weight is 413 g/mol. The van der Waals surface area contributed by atoms with Crippen molar-refractivity contribution in [3.63, 3.8) is 0 Å². The van der Waals surface area contributed by atoms with Crippen LogP contribution in [0.15, 0.2) is 39.0 Å². The number of halogens is 1. The van der Waals surface area contributed by atoms with Crippen LogP contribution in [0.25, 0.3) is 0 Å². The summed E-state index contributed by atoms with van der Waals surface area (Å²) in [5.74, 6) is -0.352. The Morgan fingerprint density at radius 3 is 2.86 bits per heavy atom. The summed E-state index contributed by atoms with van der Waals surface area (Å²) in [4.78, 5) is 35.9. The van der Waals surface area contributed by atoms with Gasteiger partial charge in [0.1, 0.15) is 5.69 Å². The molecular weight excluding hydrogens is 401 g/mol. The second kappa shape index (κ2) is 7.64. The molecule has 0 aliphatic rings. The van der Waals surface area contributed by atoms with Crippen LogP contribution in [0.3, 0.4) is 0 Å². The van der Waals surface area contributed by atoms with E-state index in [0.29, 0.717) is 0 Å². The van der Waals surface area contributed by atoms with Crippen molar-refractivity contribution in [2.45, 2.75) is 12.8 Å². The molecule has 2 aromatic rings. The summed E-state index contributed by atoms with van der Waals surface area (Å²) in [6.07, 6.45) is 1.69. The van der Waals surface area contributed by atoms with Crippen LogP contribution < -0.4 is 16.7 Å². The Morgan fingerprint density at radius 1 is 1.36 bits per heavy atom. The normalized spacial score (nSPS) is 10.8. The van der Waals surface area contributed by atoms with E-state index in [1.807, 2.05) is 29.2 Å². The first-order valence-corrected chi connectivity index (χ1v) is 7.38. The number of nitrogens with zero attached hydrogens (tertiary/aromatic N) is 2. The van der Waals surface area contributed by atoms with E-state index in [1.165, 1.54) is 0 Å². The van der Waals surface area contributed by atoms with E-state index < -0.39 is 11.2 Å². The maximum absolute atomic E-state index is 11.6. The van der Waals surface area contributed by atoms with Gasteiger partial charge in [0.25, 0.3) is 5.56 Å². The Kier molecular flexibility index (Phi) is 5.58. The maximum Gasteiger partial charge on any atom is 0.342 e. The molecule has 1 aromatic heterocycles. The summed E-state index contributed by atoms with van der Waals surface area (Å²) in [5, 5.41) is 9.56. The van der Waals surface area contributed by atoms with Crippen LogP contribution >= 0.6 is 22.6 Å². The Morgan fingerprint density at radius 2 is 2.14 bits per heavy atom. The summed E-state index contributed by atoms with van der Waals surface area (Å²) in [5.41, 5.74) is 2.08. The molecular formula is C13H12IN5O3. The zero-order valence-electron chi connectivity index (χ0n) is 11.3. The number of H-pyrrole nitrogens is 2. The molecule has 0 bridgehead atoms. The van der Waals surface area contributed by atoms with Crippen molar-refractivity contribution >= 4 is 34.7 Å². The number of hydrogen-bond acceptors (Lipinski definition) is 5. The van der Waals surface area contributed by atoms with E-state index in [0.717, 1.165) is 9.13 Å². The van der Waals surface area contributed by atoms with Gasteiger partial charge in [-0.2, -0.15) is 10.2 Å². The van der Waals surface area contributed by atoms with Crippen molar-refractivity contribution in [1.82, 2.24) is 20.6 Å². The Labute approximate surface area is 138 Å². The highest BCUT2D eigenvalue weighted by molar-refractivity contribution is 14.1. The third kappa shape index (κ3) is 4.62. The van der Waals surface area contributed by atoms with Gasteiger partial charge in [0.05, 0.1) is 6.21 Å². The van der Waals surface area contributed by atoms with Crippen molar-refractivity contribution in [2.24, 2.45) is 5.10 Å². The first kappa shape index (κ1) is 16.1. The minimum Gasteiger partial charge on any atom is -0.273 e. The van der Waals surface area contributed by atoms with Gasteiger partial charge in [-0.3, -0.25) is 14.6 Å². The third-order valence-electron chi connectivity index (χ3n) is 2.67. The van der Waals surface area contributed by atoms with E-state index in [2.05, 4.69) is 43.3 Å². The molecule has 8 nitrogen and oxygen atoms in total. The zero-order chi connectivity index (χ0) is 15.9. The lowest BCUT2D eigenvalue weighted by atomic mass is 10.2. The largest absolute Gasteiger partial charge is 0.342 e. The number of aromatic amines is 2. The smallest absolute Gasteiger partial charge is 0.273 e. The summed E-state index contributed by atoms with van der Waals surface area (Å²) in [7, 11) is 0. The molecule has 1 aromatic carbocycles. The quantitative estimate of drug-likeness (QED) is 0.367. The molecule has 9 heteroatoms. The number of carbonyl (C=O) groups is 1. The van der Waals surface area contributed by atoms with Gasteiger partial charge >= 0.3 is 5.69 Å². The first-order chi connectivity index (χ1) is 10.6. The molecule has 0 unspecified atom stereocenters. The number of hydrogen-bond donors (Lipinski definition) is 3. The van der Waals surface area contributed by atoms with Crippen LogP contribution in [0.2, 0.25) is 0 Å². The van der Waals surface area contributed by atoms with Gasteiger partial charge in [0, 0.05) is 22.0 Å². The number of amides is 1. The van der Waals surface area contributed by atoms with Gasteiger partial charge in [0.15, 0.2) is 0 Å². The molecule has 2 rings (SSSR count). The van der Waals surface area contributed by atoms with Crippen LogP contribution in [0.1, 0.15) is 17.7 Å². The molecule has 0 aliphatic heterocycles. The van der Waals surface area contributed by atoms with Gasteiger partial charge in [-0.05, 0) is 28.7 Å². The fourth-order valence-corrected chi connectivity index (χ4v) is 2.11. The molecule has 0 saturated heterocycles. The molecule has 22 heavy (non-hydrogen) atoms. The van der Waals surface area contributed by atoms with Crippen molar-refractivity contribution in [3.8, 4) is 0 Å². The first-order valence-electron chi connectivity index (χ1n) is 6.30. The summed E-state index contributed by atoms with van der Waals surface area (Å²) in [6, 6.07) is 7.59. The molecule has 0 atom stereocenters. The van der Waals surface area contributed by atoms with Crippen molar-refractivity contribution < 1.29 is 4.79 Å². The van der Waals surface area contributed by atoms with E-state index in [-0.39, 0.29) is 24.4 Å². The second-order valence-electron chi connectivity index (χ2n) is 4.27. The van der Waals surface area contributed by atoms with Crippen molar-refractivity contribution in [1.29, 1.82) is 0 Å². The second-order valence-corrected chi connectivity index (χ2v) is 5.43. The summed E-state index contributed by atoms with van der Waals surface area (Å²) < 4.78 is 1.02. The van der Waals surface area contributed by atoms with E-state index in [4.69, 9.17) is 0 Å². The molecule has 1 amide bonds. The van der Waals surface area contributed by atoms with Crippen LogP contribution in [0.4, 0.5) is 0 Å². The van der Waals surface area contributed by atoms with E-state index in [1.54, 1.807) is 6.21 Å². The highest BCUT2D eigenvalue weighted by atomic mass is 127. The number of nitrogens with one attached hydrogen (secondary N) is 3. The summed E-state index contributed by atoms with van der Waals surface area (Å²) >= 11 is 2.17. The molecule has 0 saturated carbocycles. The highest BCUT2D eigenvalue weighted by Crippen LogP contribution is 2.08. The maximum atomic E-state index is 11.6. The minimum atomic E-state index is -0.680. The number of rotatable bonds is 5. The van der Waals surface area contributed by atoms with E-state index in [9.17, 15) is 14.4 Å². The number of carbonyl (C=O) groups excluding carboxylic acids is 1. The fraction of sp³-hybridized carbons (Fsp3) is 0.154. The molecule has 114 valence electrons. The minimum absolute atomic E-state index is 0.0331. The number of aromatic nitrogens is 3. The highest BCUT2D eigenvalue weighted by Gasteiger charge is 2.06. The number of benzene rings is 1. The molecule has 0 radical (unpaired) electrons. The van der Waals surface area contributed by atoms with Crippen LogP contribution in [-0.2, 0) is 11.2 Å². The van der Waals surface area contributed by atoms with Crippen molar-refractivity contribution in [2.75, 3.05) is 0 Å². The summed E-state index contributed by atoms with van der Waals surface area (Å²) in [6.45, 7) is 0. The van der Waals surface area contributed by atoms with Crippen molar-refractivity contribution in [3.05, 3.63) is 59.9 Å². The van der Waals surface area contributed by atoms with Crippen LogP contribution in [-0.4, -0.2) is 27.3 Å². The number of hydrazone groups is 1. The average Bonchev–Trinajstić information content (AvgIpc) is 2.48. The van der Waals surface area contributed by atoms with Gasteiger partial charge in [-0.15, -0.1) is 0 Å². The van der Waals surface area contributed by atoms with Gasteiger partial charge in [0.2, 0.25) is 5.91 Å². The molecule has 3 N–H and O–H groups in total. The van der Waals surface area contributed by atoms with Gasteiger partial charge in [-0.1, -0.05) is 18.2 Å². The fourth-order valence-electron chi connectivity index (χ4n) is 1.58. The monoisotopic (exact) mass is 413 g/mol. The molecule has 1 heterocycles. The Hall–Kier alpha value is -2.30. The predicted octanol–water partition coefficient (Wildman–Crippen LogP) is 0.146. The topological polar surface area (TPSA) is 120 Å². The van der Waals surface area contributed by atoms with Crippen LogP contribution in [0, 0.1) is 3.57 Å². The van der Waals surface area contributed by atoms with Gasteiger partial charge < -0.3 is 0 Å². The predicted molar refractivity (Wildman–Crippen MR) is 88.7 cm³/mol. The van der Waals surface area contributed by atoms with Crippen LogP contribution in [0.5, 0.6) is 0 Å². The Bertz CT molecular complexity index is 812. The lowest BCUT2D eigenvalue weighted by Gasteiger charge is -2.00. The molecule has 0 aliphatic carbocycles. The Balaban J connectivity index is 1.87. The third-order valence-corrected chi connectivity index (χ3v) is 3.65. The number of aryl methyl sites for hydroxylation is 1.